The Morgan fingerprint density at radius 3 is 2.71 bits per heavy atom. The average Bonchev–Trinajstić information content (AvgIpc) is 3.33. The standard InChI is InChI=1S/C15H21N3O4S.ClH/c1-10-2-3-12(17-15(19)13-9-16-6-7-22-13)8-14(10)23(20,21)18-11-4-5-11;/h2-3,8,11,13,16,18H,4-7,9H2,1H3,(H,17,19);1H. The fourth-order valence-corrected chi connectivity index (χ4v) is 3.98. The first-order valence-electron chi connectivity index (χ1n) is 7.72. The minimum Gasteiger partial charge on any atom is -0.366 e. The van der Waals surface area contributed by atoms with Gasteiger partial charge >= 0.3 is 0 Å². The molecule has 1 aliphatic heterocycles. The van der Waals surface area contributed by atoms with Crippen molar-refractivity contribution in [3.05, 3.63) is 23.8 Å². The second-order valence-corrected chi connectivity index (χ2v) is 7.61. The predicted molar refractivity (Wildman–Crippen MR) is 93.0 cm³/mol. The molecule has 9 heteroatoms. The molecule has 1 aromatic carbocycles. The van der Waals surface area contributed by atoms with Gasteiger partial charge in [-0.2, -0.15) is 0 Å². The average molecular weight is 376 g/mol. The summed E-state index contributed by atoms with van der Waals surface area (Å²) in [5, 5.41) is 5.81. The smallest absolute Gasteiger partial charge is 0.254 e. The molecule has 0 bridgehead atoms. The quantitative estimate of drug-likeness (QED) is 0.706. The van der Waals surface area contributed by atoms with Gasteiger partial charge in [0.2, 0.25) is 10.0 Å². The highest BCUT2D eigenvalue weighted by atomic mass is 35.5. The molecule has 7 nitrogen and oxygen atoms in total. The minimum atomic E-state index is -3.56. The molecule has 1 heterocycles. The first-order valence-corrected chi connectivity index (χ1v) is 9.20. The summed E-state index contributed by atoms with van der Waals surface area (Å²) in [7, 11) is -3.56. The van der Waals surface area contributed by atoms with Gasteiger partial charge in [0.1, 0.15) is 6.10 Å². The van der Waals surface area contributed by atoms with Crippen LogP contribution < -0.4 is 15.4 Å². The number of ether oxygens (including phenoxy) is 1. The zero-order valence-corrected chi connectivity index (χ0v) is 15.0. The molecule has 2 aliphatic rings. The van der Waals surface area contributed by atoms with Gasteiger partial charge in [-0.3, -0.25) is 4.79 Å². The molecule has 1 saturated heterocycles. The molecule has 0 radical (unpaired) electrons. The van der Waals surface area contributed by atoms with Crippen LogP contribution >= 0.6 is 12.4 Å². The third kappa shape index (κ3) is 4.67. The third-order valence-corrected chi connectivity index (χ3v) is 5.53. The van der Waals surface area contributed by atoms with Crippen LogP contribution in [-0.4, -0.2) is 46.2 Å². The van der Waals surface area contributed by atoms with Crippen molar-refractivity contribution in [3.63, 3.8) is 0 Å². The zero-order chi connectivity index (χ0) is 16.4. The largest absolute Gasteiger partial charge is 0.366 e. The molecule has 3 rings (SSSR count). The molecule has 1 unspecified atom stereocenters. The highest BCUT2D eigenvalue weighted by Gasteiger charge is 2.29. The van der Waals surface area contributed by atoms with Gasteiger partial charge in [-0.1, -0.05) is 6.07 Å². The maximum Gasteiger partial charge on any atom is 0.254 e. The highest BCUT2D eigenvalue weighted by Crippen LogP contribution is 2.25. The Labute approximate surface area is 148 Å². The predicted octanol–water partition coefficient (Wildman–Crippen LogP) is 0.784. The Morgan fingerprint density at radius 1 is 1.33 bits per heavy atom. The molecular formula is C15H22ClN3O4S. The summed E-state index contributed by atoms with van der Waals surface area (Å²) in [5.74, 6) is -0.278. The van der Waals surface area contributed by atoms with Crippen LogP contribution in [0, 0.1) is 6.92 Å². The summed E-state index contributed by atoms with van der Waals surface area (Å²) in [4.78, 5) is 12.4. The van der Waals surface area contributed by atoms with Crippen molar-refractivity contribution >= 4 is 34.0 Å². The topological polar surface area (TPSA) is 96.5 Å². The Balaban J connectivity index is 0.00000208. The van der Waals surface area contributed by atoms with Gasteiger partial charge in [0, 0.05) is 24.8 Å². The fraction of sp³-hybridized carbons (Fsp3) is 0.533. The number of benzene rings is 1. The summed E-state index contributed by atoms with van der Waals surface area (Å²) in [6.45, 7) is 3.40. The van der Waals surface area contributed by atoms with Crippen molar-refractivity contribution < 1.29 is 17.9 Å². The number of carbonyl (C=O) groups excluding carboxylic acids is 1. The Hall–Kier alpha value is -1.19. The van der Waals surface area contributed by atoms with Crippen molar-refractivity contribution in [2.75, 3.05) is 25.0 Å². The van der Waals surface area contributed by atoms with Crippen LogP contribution in [0.25, 0.3) is 0 Å². The first-order chi connectivity index (χ1) is 11.0. The van der Waals surface area contributed by atoms with E-state index in [0.717, 1.165) is 19.4 Å². The summed E-state index contributed by atoms with van der Waals surface area (Å²) in [6, 6.07) is 4.92. The number of aryl methyl sites for hydroxylation is 1. The lowest BCUT2D eigenvalue weighted by Crippen LogP contribution is -2.45. The summed E-state index contributed by atoms with van der Waals surface area (Å²) in [5.41, 5.74) is 1.10. The molecule has 24 heavy (non-hydrogen) atoms. The molecular weight excluding hydrogens is 354 g/mol. The normalized spacial score (nSPS) is 21.0. The lowest BCUT2D eigenvalue weighted by atomic mass is 10.2. The fourth-order valence-electron chi connectivity index (χ4n) is 2.41. The molecule has 1 aromatic rings. The summed E-state index contributed by atoms with van der Waals surface area (Å²) >= 11 is 0. The number of nitrogens with one attached hydrogen (secondary N) is 3. The molecule has 0 aromatic heterocycles. The van der Waals surface area contributed by atoms with E-state index in [1.807, 2.05) is 0 Å². The maximum absolute atomic E-state index is 12.4. The van der Waals surface area contributed by atoms with Gasteiger partial charge in [0.25, 0.3) is 5.91 Å². The van der Waals surface area contributed by atoms with Gasteiger partial charge < -0.3 is 15.4 Å². The van der Waals surface area contributed by atoms with Crippen molar-refractivity contribution in [1.82, 2.24) is 10.0 Å². The van der Waals surface area contributed by atoms with Crippen LogP contribution in [0.5, 0.6) is 0 Å². The van der Waals surface area contributed by atoms with Gasteiger partial charge in [-0.05, 0) is 37.5 Å². The van der Waals surface area contributed by atoms with E-state index in [2.05, 4.69) is 15.4 Å². The van der Waals surface area contributed by atoms with Crippen LogP contribution in [0.1, 0.15) is 18.4 Å². The van der Waals surface area contributed by atoms with E-state index in [-0.39, 0.29) is 29.3 Å². The van der Waals surface area contributed by atoms with E-state index >= 15 is 0 Å². The number of anilines is 1. The van der Waals surface area contributed by atoms with Gasteiger partial charge in [-0.25, -0.2) is 13.1 Å². The molecule has 1 saturated carbocycles. The highest BCUT2D eigenvalue weighted by molar-refractivity contribution is 7.89. The van der Waals surface area contributed by atoms with Crippen LogP contribution in [0.4, 0.5) is 5.69 Å². The van der Waals surface area contributed by atoms with E-state index in [0.29, 0.717) is 24.4 Å². The summed E-state index contributed by atoms with van der Waals surface area (Å²) < 4.78 is 32.8. The number of hydrogen-bond donors (Lipinski definition) is 3. The van der Waals surface area contributed by atoms with E-state index in [9.17, 15) is 13.2 Å². The second kappa shape index (κ2) is 7.79. The zero-order valence-electron chi connectivity index (χ0n) is 13.4. The SMILES string of the molecule is Cc1ccc(NC(=O)C2CNCCO2)cc1S(=O)(=O)NC1CC1.Cl. The number of carbonyl (C=O) groups is 1. The molecule has 134 valence electrons. The minimum absolute atomic E-state index is 0. The number of rotatable bonds is 5. The Bertz CT molecular complexity index is 701. The molecule has 1 atom stereocenters. The van der Waals surface area contributed by atoms with Crippen LogP contribution in [-0.2, 0) is 19.6 Å². The van der Waals surface area contributed by atoms with E-state index in [4.69, 9.17) is 4.74 Å². The van der Waals surface area contributed by atoms with Crippen molar-refractivity contribution in [3.8, 4) is 0 Å². The van der Waals surface area contributed by atoms with E-state index in [1.54, 1.807) is 19.1 Å². The Kier molecular flexibility index (Phi) is 6.22. The molecule has 1 amide bonds. The third-order valence-electron chi connectivity index (χ3n) is 3.86. The Morgan fingerprint density at radius 2 is 2.08 bits per heavy atom. The number of sulfonamides is 1. The van der Waals surface area contributed by atoms with Gasteiger partial charge in [0.15, 0.2) is 0 Å². The van der Waals surface area contributed by atoms with Crippen molar-refractivity contribution in [1.29, 1.82) is 0 Å². The molecule has 2 fully saturated rings. The van der Waals surface area contributed by atoms with Crippen molar-refractivity contribution in [2.24, 2.45) is 0 Å². The van der Waals surface area contributed by atoms with Gasteiger partial charge in [-0.15, -0.1) is 12.4 Å². The monoisotopic (exact) mass is 375 g/mol. The lowest BCUT2D eigenvalue weighted by molar-refractivity contribution is -0.128. The second-order valence-electron chi connectivity index (χ2n) is 5.93. The maximum atomic E-state index is 12.4. The van der Waals surface area contributed by atoms with Crippen molar-refractivity contribution in [2.45, 2.75) is 36.8 Å². The number of amides is 1. The van der Waals surface area contributed by atoms with Crippen LogP contribution in [0.2, 0.25) is 0 Å². The van der Waals surface area contributed by atoms with Crippen LogP contribution in [0.3, 0.4) is 0 Å². The van der Waals surface area contributed by atoms with E-state index in [1.165, 1.54) is 6.07 Å². The molecule has 3 N–H and O–H groups in total. The molecule has 1 aliphatic carbocycles. The molecule has 0 spiro atoms. The first kappa shape index (κ1) is 19.1. The number of morpholine rings is 1. The number of hydrogen-bond acceptors (Lipinski definition) is 5. The number of halogens is 1. The lowest BCUT2D eigenvalue weighted by Gasteiger charge is -2.22. The van der Waals surface area contributed by atoms with E-state index < -0.39 is 16.1 Å². The van der Waals surface area contributed by atoms with Gasteiger partial charge in [0.05, 0.1) is 11.5 Å². The van der Waals surface area contributed by atoms with Crippen LogP contribution in [0.15, 0.2) is 23.1 Å². The summed E-state index contributed by atoms with van der Waals surface area (Å²) in [6.07, 6.45) is 1.19.